The number of amides is 1. The summed E-state index contributed by atoms with van der Waals surface area (Å²) in [6.07, 6.45) is 2.36. The molecular weight excluding hydrogens is 264 g/mol. The predicted molar refractivity (Wildman–Crippen MR) is 85.7 cm³/mol. The summed E-state index contributed by atoms with van der Waals surface area (Å²) in [4.78, 5) is 18.3. The Bertz CT molecular complexity index is 549. The standard InChI is InChI=1S/C16H24N4O/c1-18(2)11-6-8-20(9-7-11)12-4-5-13-14(10-12)19(3)16(21)15(13)17/h4-5,10-11,15H,6-9,17H2,1-3H3. The fourth-order valence-electron chi connectivity index (χ4n) is 3.38. The SMILES string of the molecule is CN1C(=O)C(N)c2ccc(N3CCC(N(C)C)CC3)cc21. The van der Waals surface area contributed by atoms with Gasteiger partial charge in [-0.1, -0.05) is 6.07 Å². The number of carbonyl (C=O) groups excluding carboxylic acids is 1. The molecule has 5 heteroatoms. The number of nitrogens with zero attached hydrogens (tertiary/aromatic N) is 3. The van der Waals surface area contributed by atoms with E-state index >= 15 is 0 Å². The zero-order chi connectivity index (χ0) is 15.1. The van der Waals surface area contributed by atoms with E-state index in [1.54, 1.807) is 11.9 Å². The predicted octanol–water partition coefficient (Wildman–Crippen LogP) is 1.19. The smallest absolute Gasteiger partial charge is 0.248 e. The summed E-state index contributed by atoms with van der Waals surface area (Å²) in [6.45, 7) is 2.12. The van der Waals surface area contributed by atoms with Crippen LogP contribution in [0, 0.1) is 0 Å². The number of hydrogen-bond acceptors (Lipinski definition) is 4. The van der Waals surface area contributed by atoms with Crippen molar-refractivity contribution in [3.05, 3.63) is 23.8 Å². The molecule has 114 valence electrons. The second-order valence-corrected chi connectivity index (χ2v) is 6.30. The first-order chi connectivity index (χ1) is 9.99. The number of likely N-dealkylation sites (N-methyl/N-ethyl adjacent to an activating group) is 1. The van der Waals surface area contributed by atoms with Gasteiger partial charge in [0.2, 0.25) is 5.91 Å². The third kappa shape index (κ3) is 2.40. The highest BCUT2D eigenvalue weighted by molar-refractivity contribution is 6.04. The van der Waals surface area contributed by atoms with Crippen molar-refractivity contribution in [2.45, 2.75) is 24.9 Å². The lowest BCUT2D eigenvalue weighted by molar-refractivity contribution is -0.118. The molecule has 0 radical (unpaired) electrons. The van der Waals surface area contributed by atoms with Gasteiger partial charge in [0.1, 0.15) is 6.04 Å². The zero-order valence-corrected chi connectivity index (χ0v) is 13.0. The molecule has 1 aromatic rings. The molecule has 2 aliphatic heterocycles. The number of rotatable bonds is 2. The molecule has 2 N–H and O–H groups in total. The maximum absolute atomic E-state index is 11.9. The molecule has 1 aromatic carbocycles. The maximum Gasteiger partial charge on any atom is 0.248 e. The number of anilines is 2. The Labute approximate surface area is 126 Å². The highest BCUT2D eigenvalue weighted by Crippen LogP contribution is 2.36. The molecule has 1 fully saturated rings. The van der Waals surface area contributed by atoms with Crippen molar-refractivity contribution in [2.75, 3.05) is 44.0 Å². The van der Waals surface area contributed by atoms with Crippen LogP contribution in [0.1, 0.15) is 24.4 Å². The number of nitrogens with two attached hydrogens (primary N) is 1. The normalized spacial score (nSPS) is 23.1. The molecule has 1 saturated heterocycles. The Morgan fingerprint density at radius 3 is 2.52 bits per heavy atom. The molecule has 2 heterocycles. The molecule has 21 heavy (non-hydrogen) atoms. The highest BCUT2D eigenvalue weighted by atomic mass is 16.2. The largest absolute Gasteiger partial charge is 0.371 e. The van der Waals surface area contributed by atoms with E-state index in [4.69, 9.17) is 5.73 Å². The Morgan fingerprint density at radius 2 is 1.90 bits per heavy atom. The first kappa shape index (κ1) is 14.4. The van der Waals surface area contributed by atoms with E-state index < -0.39 is 6.04 Å². The minimum Gasteiger partial charge on any atom is -0.371 e. The summed E-state index contributed by atoms with van der Waals surface area (Å²) in [5.41, 5.74) is 9.04. The van der Waals surface area contributed by atoms with Gasteiger partial charge >= 0.3 is 0 Å². The molecule has 2 aliphatic rings. The van der Waals surface area contributed by atoms with Crippen LogP contribution in [0.5, 0.6) is 0 Å². The van der Waals surface area contributed by atoms with Gasteiger partial charge in [0.25, 0.3) is 0 Å². The van der Waals surface area contributed by atoms with Crippen molar-refractivity contribution < 1.29 is 4.79 Å². The average Bonchev–Trinajstić information content (AvgIpc) is 2.72. The van der Waals surface area contributed by atoms with Crippen LogP contribution in [-0.2, 0) is 4.79 Å². The Hall–Kier alpha value is -1.59. The Morgan fingerprint density at radius 1 is 1.24 bits per heavy atom. The summed E-state index contributed by atoms with van der Waals surface area (Å²) in [5, 5.41) is 0. The molecule has 0 aliphatic carbocycles. The van der Waals surface area contributed by atoms with Gasteiger partial charge in [-0.15, -0.1) is 0 Å². The van der Waals surface area contributed by atoms with Crippen LogP contribution in [0.15, 0.2) is 18.2 Å². The Balaban J connectivity index is 1.79. The minimum atomic E-state index is -0.501. The molecule has 5 nitrogen and oxygen atoms in total. The maximum atomic E-state index is 11.9. The quantitative estimate of drug-likeness (QED) is 0.888. The fraction of sp³-hybridized carbons (Fsp3) is 0.562. The molecule has 0 spiro atoms. The van der Waals surface area contributed by atoms with Crippen LogP contribution in [0.3, 0.4) is 0 Å². The third-order valence-corrected chi connectivity index (χ3v) is 4.87. The lowest BCUT2D eigenvalue weighted by Gasteiger charge is -2.36. The Kier molecular flexibility index (Phi) is 3.63. The minimum absolute atomic E-state index is 0.0199. The monoisotopic (exact) mass is 288 g/mol. The topological polar surface area (TPSA) is 52.8 Å². The molecule has 3 rings (SSSR count). The van der Waals surface area contributed by atoms with Gasteiger partial charge in [-0.05, 0) is 39.1 Å². The summed E-state index contributed by atoms with van der Waals surface area (Å²) in [6, 6.07) is 6.39. The van der Waals surface area contributed by atoms with E-state index in [9.17, 15) is 4.79 Å². The number of fused-ring (bicyclic) bond motifs is 1. The zero-order valence-electron chi connectivity index (χ0n) is 13.0. The van der Waals surface area contributed by atoms with E-state index in [-0.39, 0.29) is 5.91 Å². The van der Waals surface area contributed by atoms with E-state index in [0.717, 1.165) is 24.3 Å². The highest BCUT2D eigenvalue weighted by Gasteiger charge is 2.33. The van der Waals surface area contributed by atoms with Crippen LogP contribution >= 0.6 is 0 Å². The number of benzene rings is 1. The van der Waals surface area contributed by atoms with Gasteiger partial charge in [0.05, 0.1) is 5.69 Å². The van der Waals surface area contributed by atoms with Crippen LogP contribution in [0.2, 0.25) is 0 Å². The van der Waals surface area contributed by atoms with E-state index in [1.807, 2.05) is 6.07 Å². The summed E-state index contributed by atoms with van der Waals surface area (Å²) in [7, 11) is 6.10. The van der Waals surface area contributed by atoms with E-state index in [0.29, 0.717) is 6.04 Å². The van der Waals surface area contributed by atoms with E-state index in [2.05, 4.69) is 36.0 Å². The lowest BCUT2D eigenvalue weighted by atomic mass is 10.0. The molecular formula is C16H24N4O. The molecule has 1 amide bonds. The first-order valence-corrected chi connectivity index (χ1v) is 7.57. The van der Waals surface area contributed by atoms with Crippen molar-refractivity contribution >= 4 is 17.3 Å². The van der Waals surface area contributed by atoms with Gasteiger partial charge < -0.3 is 20.4 Å². The van der Waals surface area contributed by atoms with Gasteiger partial charge in [0.15, 0.2) is 0 Å². The van der Waals surface area contributed by atoms with E-state index in [1.165, 1.54) is 18.5 Å². The van der Waals surface area contributed by atoms with Crippen molar-refractivity contribution in [2.24, 2.45) is 5.73 Å². The number of carbonyl (C=O) groups is 1. The van der Waals surface area contributed by atoms with Crippen LogP contribution in [0.25, 0.3) is 0 Å². The average molecular weight is 288 g/mol. The third-order valence-electron chi connectivity index (χ3n) is 4.87. The van der Waals surface area contributed by atoms with Crippen molar-refractivity contribution in [1.29, 1.82) is 0 Å². The van der Waals surface area contributed by atoms with Gasteiger partial charge in [-0.2, -0.15) is 0 Å². The van der Waals surface area contributed by atoms with Crippen molar-refractivity contribution in [3.8, 4) is 0 Å². The number of hydrogen-bond donors (Lipinski definition) is 1. The van der Waals surface area contributed by atoms with Gasteiger partial charge in [0, 0.05) is 37.4 Å². The molecule has 0 saturated carbocycles. The van der Waals surface area contributed by atoms with Gasteiger partial charge in [-0.3, -0.25) is 4.79 Å². The fourth-order valence-corrected chi connectivity index (χ4v) is 3.38. The second-order valence-electron chi connectivity index (χ2n) is 6.30. The lowest BCUT2D eigenvalue weighted by Crippen LogP contribution is -2.42. The van der Waals surface area contributed by atoms with Crippen LogP contribution in [0.4, 0.5) is 11.4 Å². The molecule has 0 aromatic heterocycles. The second kappa shape index (κ2) is 5.31. The van der Waals surface area contributed by atoms with Crippen molar-refractivity contribution in [1.82, 2.24) is 4.90 Å². The molecule has 1 unspecified atom stereocenters. The van der Waals surface area contributed by atoms with Crippen molar-refractivity contribution in [3.63, 3.8) is 0 Å². The van der Waals surface area contributed by atoms with Crippen LogP contribution in [-0.4, -0.2) is 51.1 Å². The summed E-state index contributed by atoms with van der Waals surface area (Å²) >= 11 is 0. The molecule has 1 atom stereocenters. The van der Waals surface area contributed by atoms with Crippen LogP contribution < -0.4 is 15.5 Å². The first-order valence-electron chi connectivity index (χ1n) is 7.57. The number of piperidine rings is 1. The summed E-state index contributed by atoms with van der Waals surface area (Å²) < 4.78 is 0. The molecule has 0 bridgehead atoms. The summed E-state index contributed by atoms with van der Waals surface area (Å²) in [5.74, 6) is -0.0199. The van der Waals surface area contributed by atoms with Gasteiger partial charge in [-0.25, -0.2) is 0 Å².